The number of likely N-dealkylation sites (tertiary alicyclic amines) is 1. The third-order valence-corrected chi connectivity index (χ3v) is 5.22. The highest BCUT2D eigenvalue weighted by molar-refractivity contribution is 7.09. The molecule has 0 aliphatic carbocycles. The van der Waals surface area contributed by atoms with Crippen LogP contribution in [-0.2, 0) is 11.3 Å². The summed E-state index contributed by atoms with van der Waals surface area (Å²) in [6.45, 7) is 3.74. The molecule has 1 fully saturated rings. The van der Waals surface area contributed by atoms with Crippen molar-refractivity contribution in [1.82, 2.24) is 15.0 Å². The van der Waals surface area contributed by atoms with E-state index in [1.807, 2.05) is 53.6 Å². The summed E-state index contributed by atoms with van der Waals surface area (Å²) in [6.07, 6.45) is 0.403. The van der Waals surface area contributed by atoms with Crippen LogP contribution in [-0.4, -0.2) is 34.1 Å². The first-order valence-electron chi connectivity index (χ1n) is 8.60. The van der Waals surface area contributed by atoms with Crippen molar-refractivity contribution in [2.45, 2.75) is 25.8 Å². The smallest absolute Gasteiger partial charge is 0.232 e. The summed E-state index contributed by atoms with van der Waals surface area (Å²) in [5.41, 5.74) is 0.795. The minimum Gasteiger partial charge on any atom is -0.493 e. The van der Waals surface area contributed by atoms with Crippen molar-refractivity contribution in [2.24, 2.45) is 0 Å². The molecule has 3 aromatic rings. The van der Waals surface area contributed by atoms with Gasteiger partial charge < -0.3 is 14.2 Å². The predicted octanol–water partition coefficient (Wildman–Crippen LogP) is 3.71. The molecule has 0 saturated carbocycles. The van der Waals surface area contributed by atoms with Crippen LogP contribution in [0.2, 0.25) is 0 Å². The second-order valence-electron chi connectivity index (χ2n) is 6.14. The van der Waals surface area contributed by atoms with Gasteiger partial charge in [-0.05, 0) is 30.5 Å². The molecule has 4 rings (SSSR count). The molecule has 6 nitrogen and oxygen atoms in total. The standard InChI is InChI=1S/C19H19N3O3S/c1-2-24-16-8-4-3-7-15(16)18-20-19(25-21-18)13-10-17(23)22(11-13)12-14-6-5-9-26-14/h3-9,13H,2,10-12H2,1H3. The van der Waals surface area contributed by atoms with E-state index in [4.69, 9.17) is 9.26 Å². The van der Waals surface area contributed by atoms with Crippen molar-refractivity contribution in [2.75, 3.05) is 13.2 Å². The quantitative estimate of drug-likeness (QED) is 0.662. The molecule has 134 valence electrons. The Labute approximate surface area is 155 Å². The van der Waals surface area contributed by atoms with Crippen LogP contribution in [0, 0.1) is 0 Å². The van der Waals surface area contributed by atoms with E-state index >= 15 is 0 Å². The Morgan fingerprint density at radius 1 is 1.31 bits per heavy atom. The van der Waals surface area contributed by atoms with Crippen LogP contribution < -0.4 is 4.74 Å². The van der Waals surface area contributed by atoms with Gasteiger partial charge in [0.1, 0.15) is 5.75 Å². The molecule has 0 N–H and O–H groups in total. The fraction of sp³-hybridized carbons (Fsp3) is 0.316. The van der Waals surface area contributed by atoms with Crippen molar-refractivity contribution < 1.29 is 14.1 Å². The molecule has 2 aromatic heterocycles. The maximum atomic E-state index is 12.3. The minimum absolute atomic E-state index is 0.0667. The van der Waals surface area contributed by atoms with Crippen molar-refractivity contribution in [1.29, 1.82) is 0 Å². The van der Waals surface area contributed by atoms with Gasteiger partial charge >= 0.3 is 0 Å². The van der Waals surface area contributed by atoms with E-state index in [9.17, 15) is 4.79 Å². The van der Waals surface area contributed by atoms with Gasteiger partial charge in [-0.2, -0.15) is 4.98 Å². The van der Waals surface area contributed by atoms with Gasteiger partial charge in [0.15, 0.2) is 0 Å². The Morgan fingerprint density at radius 3 is 3.00 bits per heavy atom. The van der Waals surface area contributed by atoms with Crippen molar-refractivity contribution >= 4 is 17.2 Å². The zero-order chi connectivity index (χ0) is 17.9. The summed E-state index contributed by atoms with van der Waals surface area (Å²) in [7, 11) is 0. The molecule has 0 spiro atoms. The van der Waals surface area contributed by atoms with Gasteiger partial charge in [0.2, 0.25) is 17.6 Å². The van der Waals surface area contributed by atoms with E-state index < -0.39 is 0 Å². The SMILES string of the molecule is CCOc1ccccc1-c1noc(C2CC(=O)N(Cc3cccs3)C2)n1. The van der Waals surface area contributed by atoms with Gasteiger partial charge in [0.25, 0.3) is 0 Å². The highest BCUT2D eigenvalue weighted by Gasteiger charge is 2.34. The lowest BCUT2D eigenvalue weighted by Gasteiger charge is -2.14. The molecule has 1 aromatic carbocycles. The molecule has 1 saturated heterocycles. The number of rotatable bonds is 6. The highest BCUT2D eigenvalue weighted by Crippen LogP contribution is 2.32. The Hall–Kier alpha value is -2.67. The van der Waals surface area contributed by atoms with E-state index in [1.54, 1.807) is 11.3 Å². The molecule has 1 aliphatic rings. The lowest BCUT2D eigenvalue weighted by atomic mass is 10.1. The second-order valence-corrected chi connectivity index (χ2v) is 7.17. The van der Waals surface area contributed by atoms with Gasteiger partial charge in [-0.25, -0.2) is 0 Å². The number of carbonyl (C=O) groups excluding carboxylic acids is 1. The average Bonchev–Trinajstić information content (AvgIpc) is 3.38. The molecule has 1 atom stereocenters. The number of amides is 1. The van der Waals surface area contributed by atoms with Crippen LogP contribution in [0.1, 0.15) is 30.0 Å². The molecule has 1 amide bonds. The first kappa shape index (κ1) is 16.8. The van der Waals surface area contributed by atoms with Crippen LogP contribution in [0.3, 0.4) is 0 Å². The van der Waals surface area contributed by atoms with Crippen molar-refractivity contribution in [3.63, 3.8) is 0 Å². The number of thiophene rings is 1. The Bertz CT molecular complexity index is 891. The van der Waals surface area contributed by atoms with E-state index in [2.05, 4.69) is 10.1 Å². The molecule has 1 aliphatic heterocycles. The summed E-state index contributed by atoms with van der Waals surface area (Å²) in [5.74, 6) is 1.78. The Morgan fingerprint density at radius 2 is 2.19 bits per heavy atom. The van der Waals surface area contributed by atoms with Crippen LogP contribution in [0.15, 0.2) is 46.3 Å². The monoisotopic (exact) mass is 369 g/mol. The molecule has 1 unspecified atom stereocenters. The molecule has 3 heterocycles. The summed E-state index contributed by atoms with van der Waals surface area (Å²) >= 11 is 1.66. The van der Waals surface area contributed by atoms with E-state index in [1.165, 1.54) is 4.88 Å². The third-order valence-electron chi connectivity index (χ3n) is 4.36. The number of para-hydroxylation sites is 1. The topological polar surface area (TPSA) is 68.5 Å². The maximum absolute atomic E-state index is 12.3. The van der Waals surface area contributed by atoms with E-state index in [0.29, 0.717) is 37.8 Å². The van der Waals surface area contributed by atoms with Gasteiger partial charge in [-0.3, -0.25) is 4.79 Å². The summed E-state index contributed by atoms with van der Waals surface area (Å²) in [6, 6.07) is 11.7. The largest absolute Gasteiger partial charge is 0.493 e. The first-order valence-corrected chi connectivity index (χ1v) is 9.48. The van der Waals surface area contributed by atoms with E-state index in [0.717, 1.165) is 11.3 Å². The van der Waals surface area contributed by atoms with E-state index in [-0.39, 0.29) is 11.8 Å². The average molecular weight is 369 g/mol. The van der Waals surface area contributed by atoms with Gasteiger partial charge in [-0.1, -0.05) is 23.4 Å². The van der Waals surface area contributed by atoms with Gasteiger partial charge in [-0.15, -0.1) is 11.3 Å². The number of benzene rings is 1. The van der Waals surface area contributed by atoms with Gasteiger partial charge in [0, 0.05) is 17.8 Å². The molecule has 7 heteroatoms. The predicted molar refractivity (Wildman–Crippen MR) is 98.0 cm³/mol. The number of aromatic nitrogens is 2. The number of hydrogen-bond donors (Lipinski definition) is 0. The van der Waals surface area contributed by atoms with Crippen LogP contribution >= 0.6 is 11.3 Å². The third kappa shape index (κ3) is 3.35. The number of ether oxygens (including phenoxy) is 1. The lowest BCUT2D eigenvalue weighted by molar-refractivity contribution is -0.128. The van der Waals surface area contributed by atoms with Crippen LogP contribution in [0.25, 0.3) is 11.4 Å². The maximum Gasteiger partial charge on any atom is 0.232 e. The molecule has 0 bridgehead atoms. The summed E-state index contributed by atoms with van der Waals surface area (Å²) in [5, 5.41) is 6.13. The first-order chi connectivity index (χ1) is 12.7. The Kier molecular flexibility index (Phi) is 4.71. The molecular formula is C19H19N3O3S. The zero-order valence-corrected chi connectivity index (χ0v) is 15.2. The highest BCUT2D eigenvalue weighted by atomic mass is 32.1. The number of carbonyl (C=O) groups is 1. The number of hydrogen-bond acceptors (Lipinski definition) is 6. The fourth-order valence-electron chi connectivity index (χ4n) is 3.12. The van der Waals surface area contributed by atoms with Gasteiger partial charge in [0.05, 0.1) is 24.6 Å². The molecule has 26 heavy (non-hydrogen) atoms. The summed E-state index contributed by atoms with van der Waals surface area (Å²) in [4.78, 5) is 19.9. The van der Waals surface area contributed by atoms with Crippen LogP contribution in [0.4, 0.5) is 0 Å². The van der Waals surface area contributed by atoms with Crippen LogP contribution in [0.5, 0.6) is 5.75 Å². The molecule has 0 radical (unpaired) electrons. The van der Waals surface area contributed by atoms with Crippen molar-refractivity contribution in [3.05, 3.63) is 52.5 Å². The fourth-order valence-corrected chi connectivity index (χ4v) is 3.84. The normalized spacial score (nSPS) is 17.0. The number of nitrogens with zero attached hydrogens (tertiary/aromatic N) is 3. The lowest BCUT2D eigenvalue weighted by Crippen LogP contribution is -2.23. The zero-order valence-electron chi connectivity index (χ0n) is 14.4. The second kappa shape index (κ2) is 7.29. The van der Waals surface area contributed by atoms with Crippen molar-refractivity contribution in [3.8, 4) is 17.1 Å². The Balaban J connectivity index is 1.51. The molecular weight excluding hydrogens is 350 g/mol. The summed E-state index contributed by atoms with van der Waals surface area (Å²) < 4.78 is 11.1. The minimum atomic E-state index is -0.0667.